The minimum atomic E-state index is -0.397. The van der Waals surface area contributed by atoms with E-state index in [9.17, 15) is 9.59 Å². The molecular weight excluding hydrogens is 308 g/mol. The van der Waals surface area contributed by atoms with Crippen molar-refractivity contribution in [3.05, 3.63) is 24.3 Å². The Morgan fingerprint density at radius 2 is 1.75 bits per heavy atom. The molecule has 0 aliphatic carbocycles. The van der Waals surface area contributed by atoms with Crippen molar-refractivity contribution in [2.45, 2.75) is 26.1 Å². The molecule has 0 saturated carbocycles. The fourth-order valence-electron chi connectivity index (χ4n) is 2.63. The number of nitrogens with one attached hydrogen (secondary N) is 2. The maximum atomic E-state index is 11.8. The molecule has 1 aromatic carbocycles. The quantitative estimate of drug-likeness (QED) is 0.875. The lowest BCUT2D eigenvalue weighted by molar-refractivity contribution is -0.127. The molecule has 0 aromatic heterocycles. The lowest BCUT2D eigenvalue weighted by atomic mass is 10.2. The number of morpholine rings is 1. The molecule has 24 heavy (non-hydrogen) atoms. The van der Waals surface area contributed by atoms with E-state index in [1.165, 1.54) is 4.90 Å². The molecule has 0 unspecified atom stereocenters. The van der Waals surface area contributed by atoms with Gasteiger partial charge in [0.2, 0.25) is 5.91 Å². The third kappa shape index (κ3) is 5.13. The number of hydrogen-bond acceptors (Lipinski definition) is 4. The van der Waals surface area contributed by atoms with Gasteiger partial charge < -0.3 is 25.2 Å². The highest BCUT2D eigenvalue weighted by molar-refractivity contribution is 5.92. The molecule has 132 valence electrons. The third-order valence-electron chi connectivity index (χ3n) is 3.81. The summed E-state index contributed by atoms with van der Waals surface area (Å²) in [7, 11) is 3.29. The molecule has 1 aromatic rings. The lowest BCUT2D eigenvalue weighted by Gasteiger charge is -2.36. The van der Waals surface area contributed by atoms with Crippen LogP contribution in [0.5, 0.6) is 0 Å². The van der Waals surface area contributed by atoms with Crippen LogP contribution in [-0.4, -0.2) is 62.8 Å². The molecule has 0 spiro atoms. The smallest absolute Gasteiger partial charge is 0.319 e. The normalized spacial score (nSPS) is 20.4. The van der Waals surface area contributed by atoms with Crippen LogP contribution in [0.25, 0.3) is 0 Å². The van der Waals surface area contributed by atoms with Crippen LogP contribution in [0.15, 0.2) is 24.3 Å². The van der Waals surface area contributed by atoms with Crippen molar-refractivity contribution in [1.29, 1.82) is 0 Å². The summed E-state index contributed by atoms with van der Waals surface area (Å²) < 4.78 is 5.74. The third-order valence-corrected chi connectivity index (χ3v) is 3.81. The Morgan fingerprint density at radius 3 is 2.29 bits per heavy atom. The number of ether oxygens (including phenoxy) is 1. The molecule has 0 radical (unpaired) electrons. The SMILES string of the molecule is C[C@@H]1CN(c2ccc(NC(=O)NCC(=O)N(C)C)cc2)C[C@H](C)O1. The molecule has 1 aliphatic heterocycles. The van der Waals surface area contributed by atoms with E-state index in [2.05, 4.69) is 29.4 Å². The standard InChI is InChI=1S/C17H26N4O3/c1-12-10-21(11-13(2)24-12)15-7-5-14(6-8-15)19-17(23)18-9-16(22)20(3)4/h5-8,12-13H,9-11H2,1-4H3,(H2,18,19,23)/t12-,13+. The largest absolute Gasteiger partial charge is 0.372 e. The van der Waals surface area contributed by atoms with Crippen molar-refractivity contribution in [2.24, 2.45) is 0 Å². The Kier molecular flexibility index (Phi) is 6.03. The number of amides is 3. The van der Waals surface area contributed by atoms with Crippen LogP contribution in [0, 0.1) is 0 Å². The maximum Gasteiger partial charge on any atom is 0.319 e. The van der Waals surface area contributed by atoms with E-state index < -0.39 is 6.03 Å². The predicted molar refractivity (Wildman–Crippen MR) is 94.4 cm³/mol. The zero-order valence-electron chi connectivity index (χ0n) is 14.7. The van der Waals surface area contributed by atoms with E-state index >= 15 is 0 Å². The maximum absolute atomic E-state index is 11.8. The summed E-state index contributed by atoms with van der Waals surface area (Å²) in [5, 5.41) is 5.25. The first-order chi connectivity index (χ1) is 11.3. The number of nitrogens with zero attached hydrogens (tertiary/aromatic N) is 2. The monoisotopic (exact) mass is 334 g/mol. The highest BCUT2D eigenvalue weighted by Gasteiger charge is 2.22. The average molecular weight is 334 g/mol. The minimum absolute atomic E-state index is 0.0273. The molecule has 7 nitrogen and oxygen atoms in total. The first-order valence-corrected chi connectivity index (χ1v) is 8.10. The number of carbonyl (C=O) groups excluding carboxylic acids is 2. The van der Waals surface area contributed by atoms with Gasteiger partial charge >= 0.3 is 6.03 Å². The lowest BCUT2D eigenvalue weighted by Crippen LogP contribution is -2.45. The zero-order valence-corrected chi connectivity index (χ0v) is 14.7. The van der Waals surface area contributed by atoms with Gasteiger partial charge in [0.1, 0.15) is 0 Å². The summed E-state index contributed by atoms with van der Waals surface area (Å²) in [4.78, 5) is 26.9. The van der Waals surface area contributed by atoms with Gasteiger partial charge in [0.15, 0.2) is 0 Å². The fraction of sp³-hybridized carbons (Fsp3) is 0.529. The van der Waals surface area contributed by atoms with Gasteiger partial charge in [-0.15, -0.1) is 0 Å². The molecule has 7 heteroatoms. The Balaban J connectivity index is 1.87. The number of carbonyl (C=O) groups is 2. The highest BCUT2D eigenvalue weighted by atomic mass is 16.5. The first kappa shape index (κ1) is 18.1. The van der Waals surface area contributed by atoms with Gasteiger partial charge in [0, 0.05) is 38.6 Å². The van der Waals surface area contributed by atoms with E-state index in [0.717, 1.165) is 18.8 Å². The summed E-state index contributed by atoms with van der Waals surface area (Å²) >= 11 is 0. The summed E-state index contributed by atoms with van der Waals surface area (Å²) in [6.45, 7) is 5.81. The summed E-state index contributed by atoms with van der Waals surface area (Å²) in [5.74, 6) is -0.156. The zero-order chi connectivity index (χ0) is 17.7. The van der Waals surface area contributed by atoms with Gasteiger partial charge in [0.25, 0.3) is 0 Å². The second-order valence-corrected chi connectivity index (χ2v) is 6.31. The molecule has 2 N–H and O–H groups in total. The van der Waals surface area contributed by atoms with Crippen LogP contribution < -0.4 is 15.5 Å². The van der Waals surface area contributed by atoms with Crippen molar-refractivity contribution < 1.29 is 14.3 Å². The summed E-state index contributed by atoms with van der Waals surface area (Å²) in [6, 6.07) is 7.27. The van der Waals surface area contributed by atoms with Crippen LogP contribution in [-0.2, 0) is 9.53 Å². The van der Waals surface area contributed by atoms with Gasteiger partial charge in [-0.05, 0) is 38.1 Å². The van der Waals surface area contributed by atoms with Crippen LogP contribution in [0.4, 0.5) is 16.2 Å². The number of rotatable bonds is 4. The highest BCUT2D eigenvalue weighted by Crippen LogP contribution is 2.22. The van der Waals surface area contributed by atoms with Crippen molar-refractivity contribution >= 4 is 23.3 Å². The van der Waals surface area contributed by atoms with E-state index in [1.54, 1.807) is 14.1 Å². The van der Waals surface area contributed by atoms with Crippen molar-refractivity contribution in [2.75, 3.05) is 43.9 Å². The first-order valence-electron chi connectivity index (χ1n) is 8.10. The molecule has 2 atom stereocenters. The van der Waals surface area contributed by atoms with Gasteiger partial charge in [-0.2, -0.15) is 0 Å². The van der Waals surface area contributed by atoms with Crippen LogP contribution in [0.2, 0.25) is 0 Å². The number of likely N-dealkylation sites (N-methyl/N-ethyl adjacent to an activating group) is 1. The van der Waals surface area contributed by atoms with Gasteiger partial charge in [0.05, 0.1) is 18.8 Å². The van der Waals surface area contributed by atoms with E-state index in [4.69, 9.17) is 4.74 Å². The predicted octanol–water partition coefficient (Wildman–Crippen LogP) is 1.51. The average Bonchev–Trinajstić information content (AvgIpc) is 2.52. The number of anilines is 2. The Hall–Kier alpha value is -2.28. The molecule has 0 bridgehead atoms. The van der Waals surface area contributed by atoms with E-state index in [1.807, 2.05) is 24.3 Å². The minimum Gasteiger partial charge on any atom is -0.372 e. The topological polar surface area (TPSA) is 73.9 Å². The molecule has 3 amide bonds. The molecule has 1 heterocycles. The molecular formula is C17H26N4O3. The van der Waals surface area contributed by atoms with Crippen LogP contribution >= 0.6 is 0 Å². The van der Waals surface area contributed by atoms with E-state index in [0.29, 0.717) is 5.69 Å². The van der Waals surface area contributed by atoms with Gasteiger partial charge in [-0.1, -0.05) is 0 Å². The second-order valence-electron chi connectivity index (χ2n) is 6.31. The van der Waals surface area contributed by atoms with Crippen molar-refractivity contribution in [3.8, 4) is 0 Å². The Bertz CT molecular complexity index is 564. The Labute approximate surface area is 142 Å². The van der Waals surface area contributed by atoms with Crippen molar-refractivity contribution in [3.63, 3.8) is 0 Å². The molecule has 1 saturated heterocycles. The molecule has 1 fully saturated rings. The van der Waals surface area contributed by atoms with Crippen LogP contribution in [0.1, 0.15) is 13.8 Å². The van der Waals surface area contributed by atoms with Gasteiger partial charge in [-0.25, -0.2) is 4.79 Å². The molecule has 2 rings (SSSR count). The second kappa shape index (κ2) is 8.01. The summed E-state index contributed by atoms with van der Waals surface area (Å²) in [5.41, 5.74) is 1.79. The number of urea groups is 1. The van der Waals surface area contributed by atoms with Crippen LogP contribution in [0.3, 0.4) is 0 Å². The van der Waals surface area contributed by atoms with E-state index in [-0.39, 0.29) is 24.7 Å². The van der Waals surface area contributed by atoms with Gasteiger partial charge in [-0.3, -0.25) is 4.79 Å². The number of benzene rings is 1. The molecule has 1 aliphatic rings. The fourth-order valence-corrected chi connectivity index (χ4v) is 2.63. The Morgan fingerprint density at radius 1 is 1.17 bits per heavy atom. The number of hydrogen-bond donors (Lipinski definition) is 2. The summed E-state index contributed by atoms with van der Waals surface area (Å²) in [6.07, 6.45) is 0.401. The van der Waals surface area contributed by atoms with Crippen molar-refractivity contribution in [1.82, 2.24) is 10.2 Å².